The van der Waals surface area contributed by atoms with Crippen LogP contribution in [0.15, 0.2) is 42.5 Å². The van der Waals surface area contributed by atoms with Crippen molar-refractivity contribution in [2.24, 2.45) is 0 Å². The van der Waals surface area contributed by atoms with Crippen molar-refractivity contribution >= 4 is 0 Å². The molecule has 0 atom stereocenters. The molecule has 3 aromatic rings. The molecule has 0 amide bonds. The molecular formula is C24H25F. The standard InChI is InChI=1S/C24H25F/c1-14-9-16(3)23(17(4)10-14)20-7-8-22(25)21(13-20)24-18(5)11-15(2)12-19(24)6/h7-13H,1-6H3. The van der Waals surface area contributed by atoms with E-state index in [-0.39, 0.29) is 5.82 Å². The molecule has 0 aromatic heterocycles. The maximum atomic E-state index is 14.7. The van der Waals surface area contributed by atoms with Gasteiger partial charge in [0.05, 0.1) is 0 Å². The minimum atomic E-state index is -0.166. The zero-order valence-corrected chi connectivity index (χ0v) is 15.9. The molecule has 0 heterocycles. The number of hydrogen-bond donors (Lipinski definition) is 0. The van der Waals surface area contributed by atoms with E-state index in [1.165, 1.54) is 27.8 Å². The van der Waals surface area contributed by atoms with Gasteiger partial charge < -0.3 is 0 Å². The number of hydrogen-bond acceptors (Lipinski definition) is 0. The van der Waals surface area contributed by atoms with Crippen LogP contribution in [0.4, 0.5) is 4.39 Å². The molecule has 0 saturated heterocycles. The Morgan fingerprint density at radius 2 is 1.00 bits per heavy atom. The van der Waals surface area contributed by atoms with Crippen molar-refractivity contribution in [3.63, 3.8) is 0 Å². The van der Waals surface area contributed by atoms with Crippen molar-refractivity contribution in [1.82, 2.24) is 0 Å². The molecule has 0 spiro atoms. The van der Waals surface area contributed by atoms with Crippen LogP contribution in [0.5, 0.6) is 0 Å². The fraction of sp³-hybridized carbons (Fsp3) is 0.250. The molecule has 1 heteroatoms. The summed E-state index contributed by atoms with van der Waals surface area (Å²) in [5.74, 6) is -0.166. The van der Waals surface area contributed by atoms with E-state index in [1.54, 1.807) is 6.07 Å². The highest BCUT2D eigenvalue weighted by molar-refractivity contribution is 5.79. The molecule has 3 aromatic carbocycles. The average molecular weight is 332 g/mol. The molecule has 0 aliphatic heterocycles. The molecule has 25 heavy (non-hydrogen) atoms. The quantitative estimate of drug-likeness (QED) is 0.473. The van der Waals surface area contributed by atoms with Gasteiger partial charge in [0.25, 0.3) is 0 Å². The Bertz CT molecular complexity index is 918. The SMILES string of the molecule is Cc1cc(C)c(-c2ccc(F)c(-c3c(C)cc(C)cc3C)c2)c(C)c1. The summed E-state index contributed by atoms with van der Waals surface area (Å²) in [6, 6.07) is 14.1. The van der Waals surface area contributed by atoms with Gasteiger partial charge in [-0.2, -0.15) is 0 Å². The first-order valence-corrected chi connectivity index (χ1v) is 8.74. The first-order valence-electron chi connectivity index (χ1n) is 8.74. The van der Waals surface area contributed by atoms with Crippen molar-refractivity contribution in [3.8, 4) is 22.3 Å². The van der Waals surface area contributed by atoms with Crippen molar-refractivity contribution in [1.29, 1.82) is 0 Å². The first-order chi connectivity index (χ1) is 11.8. The van der Waals surface area contributed by atoms with E-state index in [4.69, 9.17) is 0 Å². The van der Waals surface area contributed by atoms with E-state index >= 15 is 0 Å². The van der Waals surface area contributed by atoms with Crippen LogP contribution in [0.25, 0.3) is 22.3 Å². The summed E-state index contributed by atoms with van der Waals surface area (Å²) in [7, 11) is 0. The van der Waals surface area contributed by atoms with Gasteiger partial charge in [-0.25, -0.2) is 4.39 Å². The van der Waals surface area contributed by atoms with Crippen molar-refractivity contribution in [3.05, 3.63) is 81.7 Å². The summed E-state index contributed by atoms with van der Waals surface area (Å²) in [4.78, 5) is 0. The third-order valence-corrected chi connectivity index (χ3v) is 4.88. The maximum Gasteiger partial charge on any atom is 0.131 e. The lowest BCUT2D eigenvalue weighted by Crippen LogP contribution is -1.95. The number of rotatable bonds is 2. The van der Waals surface area contributed by atoms with Crippen molar-refractivity contribution in [2.75, 3.05) is 0 Å². The predicted octanol–water partition coefficient (Wildman–Crippen LogP) is 7.01. The van der Waals surface area contributed by atoms with Gasteiger partial charge in [-0.1, -0.05) is 41.5 Å². The topological polar surface area (TPSA) is 0 Å². The molecule has 0 fully saturated rings. The lowest BCUT2D eigenvalue weighted by atomic mass is 9.89. The number of aryl methyl sites for hydroxylation is 6. The summed E-state index contributed by atoms with van der Waals surface area (Å²) in [5, 5.41) is 0. The van der Waals surface area contributed by atoms with Gasteiger partial charge in [-0.05, 0) is 92.6 Å². The average Bonchev–Trinajstić information content (AvgIpc) is 2.48. The molecule has 0 aliphatic carbocycles. The Kier molecular flexibility index (Phi) is 4.51. The molecule has 0 nitrogen and oxygen atoms in total. The Morgan fingerprint density at radius 3 is 1.48 bits per heavy atom. The molecule has 0 N–H and O–H groups in total. The number of halogens is 1. The third kappa shape index (κ3) is 3.24. The lowest BCUT2D eigenvalue weighted by Gasteiger charge is -2.16. The Labute approximate surface area is 150 Å². The zero-order valence-electron chi connectivity index (χ0n) is 15.9. The van der Waals surface area contributed by atoms with Crippen LogP contribution in [0, 0.1) is 47.4 Å². The maximum absolute atomic E-state index is 14.7. The molecule has 0 bridgehead atoms. The fourth-order valence-corrected chi connectivity index (χ4v) is 4.11. The lowest BCUT2D eigenvalue weighted by molar-refractivity contribution is 0.631. The second-order valence-corrected chi connectivity index (χ2v) is 7.24. The van der Waals surface area contributed by atoms with Crippen molar-refractivity contribution in [2.45, 2.75) is 41.5 Å². The Morgan fingerprint density at radius 1 is 0.560 bits per heavy atom. The van der Waals surface area contributed by atoms with E-state index in [9.17, 15) is 4.39 Å². The van der Waals surface area contributed by atoms with E-state index in [2.05, 4.69) is 65.8 Å². The van der Waals surface area contributed by atoms with Crippen LogP contribution < -0.4 is 0 Å². The molecule has 0 unspecified atom stereocenters. The Balaban J connectivity index is 2.25. The van der Waals surface area contributed by atoms with Crippen LogP contribution in [0.3, 0.4) is 0 Å². The summed E-state index contributed by atoms with van der Waals surface area (Å²) in [5.41, 5.74) is 11.1. The molecule has 0 saturated carbocycles. The summed E-state index contributed by atoms with van der Waals surface area (Å²) >= 11 is 0. The van der Waals surface area contributed by atoms with Gasteiger partial charge in [-0.15, -0.1) is 0 Å². The molecule has 0 radical (unpaired) electrons. The summed E-state index contributed by atoms with van der Waals surface area (Å²) in [6.45, 7) is 12.6. The predicted molar refractivity (Wildman–Crippen MR) is 106 cm³/mol. The van der Waals surface area contributed by atoms with E-state index in [0.717, 1.165) is 22.3 Å². The molecule has 0 aliphatic rings. The van der Waals surface area contributed by atoms with Gasteiger partial charge in [0.15, 0.2) is 0 Å². The van der Waals surface area contributed by atoms with Gasteiger partial charge >= 0.3 is 0 Å². The van der Waals surface area contributed by atoms with Crippen LogP contribution in [0.1, 0.15) is 33.4 Å². The van der Waals surface area contributed by atoms with Crippen LogP contribution in [-0.4, -0.2) is 0 Å². The minimum Gasteiger partial charge on any atom is -0.206 e. The molecule has 3 rings (SSSR count). The van der Waals surface area contributed by atoms with E-state index < -0.39 is 0 Å². The fourth-order valence-electron chi connectivity index (χ4n) is 4.11. The smallest absolute Gasteiger partial charge is 0.131 e. The van der Waals surface area contributed by atoms with Crippen LogP contribution in [0.2, 0.25) is 0 Å². The second kappa shape index (κ2) is 6.48. The largest absolute Gasteiger partial charge is 0.206 e. The van der Waals surface area contributed by atoms with Gasteiger partial charge in [0, 0.05) is 5.56 Å². The summed E-state index contributed by atoms with van der Waals surface area (Å²) < 4.78 is 14.7. The highest BCUT2D eigenvalue weighted by atomic mass is 19.1. The monoisotopic (exact) mass is 332 g/mol. The van der Waals surface area contributed by atoms with E-state index in [1.807, 2.05) is 12.1 Å². The van der Waals surface area contributed by atoms with Crippen LogP contribution >= 0.6 is 0 Å². The van der Waals surface area contributed by atoms with Crippen LogP contribution in [-0.2, 0) is 0 Å². The zero-order chi connectivity index (χ0) is 18.3. The molecular weight excluding hydrogens is 307 g/mol. The third-order valence-electron chi connectivity index (χ3n) is 4.88. The highest BCUT2D eigenvalue weighted by Gasteiger charge is 2.14. The Hall–Kier alpha value is -2.41. The second-order valence-electron chi connectivity index (χ2n) is 7.24. The molecule has 128 valence electrons. The number of benzene rings is 3. The normalized spacial score (nSPS) is 11.0. The van der Waals surface area contributed by atoms with Gasteiger partial charge in [0.2, 0.25) is 0 Å². The summed E-state index contributed by atoms with van der Waals surface area (Å²) in [6.07, 6.45) is 0. The first kappa shape index (κ1) is 17.4. The minimum absolute atomic E-state index is 0.166. The van der Waals surface area contributed by atoms with Crippen molar-refractivity contribution < 1.29 is 4.39 Å². The highest BCUT2D eigenvalue weighted by Crippen LogP contribution is 2.35. The van der Waals surface area contributed by atoms with E-state index in [0.29, 0.717) is 5.56 Å². The van der Waals surface area contributed by atoms with Gasteiger partial charge in [-0.3, -0.25) is 0 Å². The van der Waals surface area contributed by atoms with Gasteiger partial charge in [0.1, 0.15) is 5.82 Å².